The zero-order valence-corrected chi connectivity index (χ0v) is 12.8. The lowest BCUT2D eigenvalue weighted by molar-refractivity contribution is -0.0824. The minimum Gasteiger partial charge on any atom is -0.373 e. The molecule has 0 aliphatic heterocycles. The van der Waals surface area contributed by atoms with Crippen LogP contribution in [0, 0.1) is 0 Å². The highest BCUT2D eigenvalue weighted by molar-refractivity contribution is 5.20. The van der Waals surface area contributed by atoms with E-state index in [1.54, 1.807) is 5.57 Å². The Labute approximate surface area is 119 Å². The Balaban J connectivity index is 2.19. The van der Waals surface area contributed by atoms with Gasteiger partial charge in [-0.05, 0) is 52.0 Å². The van der Waals surface area contributed by atoms with Gasteiger partial charge in [0.2, 0.25) is 0 Å². The molecule has 0 heterocycles. The van der Waals surface area contributed by atoms with Gasteiger partial charge in [-0.15, -0.1) is 0 Å². The standard InChI is InChI=1S/C17H31NO/c1-3-18-16(15-11-7-5-8-12-15)17(19-4-2)13-9-6-10-14-17/h11,16,18H,3-10,12-14H2,1-2H3. The van der Waals surface area contributed by atoms with Crippen molar-refractivity contribution < 1.29 is 4.74 Å². The van der Waals surface area contributed by atoms with Crippen LogP contribution >= 0.6 is 0 Å². The van der Waals surface area contributed by atoms with Gasteiger partial charge < -0.3 is 10.1 Å². The number of hydrogen-bond donors (Lipinski definition) is 1. The van der Waals surface area contributed by atoms with Gasteiger partial charge in [-0.2, -0.15) is 0 Å². The summed E-state index contributed by atoms with van der Waals surface area (Å²) < 4.78 is 6.34. The van der Waals surface area contributed by atoms with Crippen molar-refractivity contribution in [3.05, 3.63) is 11.6 Å². The van der Waals surface area contributed by atoms with Crippen molar-refractivity contribution in [3.63, 3.8) is 0 Å². The van der Waals surface area contributed by atoms with Crippen LogP contribution in [0.1, 0.15) is 71.6 Å². The maximum atomic E-state index is 6.34. The van der Waals surface area contributed by atoms with Gasteiger partial charge in [0.1, 0.15) is 0 Å². The Morgan fingerprint density at radius 3 is 2.53 bits per heavy atom. The van der Waals surface area contributed by atoms with Crippen LogP contribution in [-0.4, -0.2) is 24.8 Å². The highest BCUT2D eigenvalue weighted by Gasteiger charge is 2.41. The quantitative estimate of drug-likeness (QED) is 0.727. The molecule has 2 rings (SSSR count). The predicted molar refractivity (Wildman–Crippen MR) is 81.5 cm³/mol. The fourth-order valence-electron chi connectivity index (χ4n) is 3.94. The summed E-state index contributed by atoms with van der Waals surface area (Å²) in [5.74, 6) is 0. The minimum atomic E-state index is 0.0756. The predicted octanol–water partition coefficient (Wildman–Crippen LogP) is 4.20. The number of allylic oxidation sites excluding steroid dienone is 1. The smallest absolute Gasteiger partial charge is 0.0872 e. The lowest BCUT2D eigenvalue weighted by Gasteiger charge is -2.45. The van der Waals surface area contributed by atoms with Crippen molar-refractivity contribution in [3.8, 4) is 0 Å². The van der Waals surface area contributed by atoms with Crippen molar-refractivity contribution in [1.82, 2.24) is 5.32 Å². The summed E-state index contributed by atoms with van der Waals surface area (Å²) in [4.78, 5) is 0. The van der Waals surface area contributed by atoms with E-state index in [1.165, 1.54) is 57.8 Å². The third-order valence-electron chi connectivity index (χ3n) is 4.76. The SMILES string of the molecule is CCNC(C1=CCCCC1)C1(OCC)CCCCC1. The van der Waals surface area contributed by atoms with Crippen molar-refractivity contribution in [2.24, 2.45) is 0 Å². The second kappa shape index (κ2) is 7.44. The summed E-state index contributed by atoms with van der Waals surface area (Å²) in [5, 5.41) is 3.75. The Hall–Kier alpha value is -0.340. The molecule has 1 N–H and O–H groups in total. The highest BCUT2D eigenvalue weighted by Crippen LogP contribution is 2.39. The van der Waals surface area contributed by atoms with E-state index in [1.807, 2.05) is 0 Å². The average molecular weight is 265 g/mol. The number of nitrogens with one attached hydrogen (secondary N) is 1. The van der Waals surface area contributed by atoms with E-state index in [2.05, 4.69) is 25.2 Å². The number of ether oxygens (including phenoxy) is 1. The van der Waals surface area contributed by atoms with Crippen LogP contribution in [0.5, 0.6) is 0 Å². The maximum absolute atomic E-state index is 6.34. The first kappa shape index (κ1) is 15.1. The van der Waals surface area contributed by atoms with Crippen LogP contribution in [0.25, 0.3) is 0 Å². The Morgan fingerprint density at radius 1 is 1.16 bits per heavy atom. The molecule has 2 heteroatoms. The molecule has 1 atom stereocenters. The van der Waals surface area contributed by atoms with Crippen LogP contribution in [-0.2, 0) is 4.74 Å². The number of likely N-dealkylation sites (N-methyl/N-ethyl adjacent to an activating group) is 1. The Kier molecular flexibility index (Phi) is 5.90. The van der Waals surface area contributed by atoms with Crippen molar-refractivity contribution in [2.75, 3.05) is 13.2 Å². The monoisotopic (exact) mass is 265 g/mol. The van der Waals surface area contributed by atoms with Crippen LogP contribution < -0.4 is 5.32 Å². The molecule has 1 fully saturated rings. The lowest BCUT2D eigenvalue weighted by atomic mass is 9.74. The molecule has 110 valence electrons. The van der Waals surface area contributed by atoms with E-state index in [0.717, 1.165) is 13.2 Å². The average Bonchev–Trinajstić information content (AvgIpc) is 2.47. The molecular weight excluding hydrogens is 234 g/mol. The van der Waals surface area contributed by atoms with Crippen LogP contribution in [0.15, 0.2) is 11.6 Å². The summed E-state index contributed by atoms with van der Waals surface area (Å²) in [5.41, 5.74) is 1.70. The molecule has 0 radical (unpaired) electrons. The molecular formula is C17H31NO. The van der Waals surface area contributed by atoms with Gasteiger partial charge in [0.05, 0.1) is 11.6 Å². The first-order valence-corrected chi connectivity index (χ1v) is 8.38. The molecule has 19 heavy (non-hydrogen) atoms. The lowest BCUT2D eigenvalue weighted by Crippen LogP contribution is -2.54. The van der Waals surface area contributed by atoms with E-state index < -0.39 is 0 Å². The van der Waals surface area contributed by atoms with Gasteiger partial charge in [-0.3, -0.25) is 0 Å². The van der Waals surface area contributed by atoms with E-state index >= 15 is 0 Å². The molecule has 0 spiro atoms. The van der Waals surface area contributed by atoms with E-state index in [9.17, 15) is 0 Å². The third-order valence-corrected chi connectivity index (χ3v) is 4.76. The van der Waals surface area contributed by atoms with E-state index in [0.29, 0.717) is 6.04 Å². The Morgan fingerprint density at radius 2 is 1.95 bits per heavy atom. The van der Waals surface area contributed by atoms with E-state index in [-0.39, 0.29) is 5.60 Å². The molecule has 0 amide bonds. The molecule has 0 saturated heterocycles. The van der Waals surface area contributed by atoms with Gasteiger partial charge in [-0.25, -0.2) is 0 Å². The first-order valence-electron chi connectivity index (χ1n) is 8.38. The molecule has 1 unspecified atom stereocenters. The van der Waals surface area contributed by atoms with Crippen LogP contribution in [0.2, 0.25) is 0 Å². The normalized spacial score (nSPS) is 24.8. The molecule has 0 bridgehead atoms. The van der Waals surface area contributed by atoms with Crippen LogP contribution in [0.4, 0.5) is 0 Å². The molecule has 2 nitrogen and oxygen atoms in total. The fourth-order valence-corrected chi connectivity index (χ4v) is 3.94. The van der Waals surface area contributed by atoms with Crippen molar-refractivity contribution >= 4 is 0 Å². The Bertz CT molecular complexity index is 286. The summed E-state index contributed by atoms with van der Waals surface area (Å²) in [7, 11) is 0. The van der Waals surface area contributed by atoms with Crippen molar-refractivity contribution in [2.45, 2.75) is 83.3 Å². The minimum absolute atomic E-state index is 0.0756. The van der Waals surface area contributed by atoms with Gasteiger partial charge in [0.15, 0.2) is 0 Å². The van der Waals surface area contributed by atoms with Crippen LogP contribution in [0.3, 0.4) is 0 Å². The molecule has 2 aliphatic rings. The molecule has 0 aromatic rings. The third kappa shape index (κ3) is 3.61. The second-order valence-electron chi connectivity index (χ2n) is 6.07. The first-order chi connectivity index (χ1) is 9.32. The highest BCUT2D eigenvalue weighted by atomic mass is 16.5. The zero-order chi connectivity index (χ0) is 13.6. The van der Waals surface area contributed by atoms with Gasteiger partial charge in [0.25, 0.3) is 0 Å². The topological polar surface area (TPSA) is 21.3 Å². The van der Waals surface area contributed by atoms with Crippen molar-refractivity contribution in [1.29, 1.82) is 0 Å². The summed E-state index contributed by atoms with van der Waals surface area (Å²) in [6.07, 6.45) is 14.3. The summed E-state index contributed by atoms with van der Waals surface area (Å²) >= 11 is 0. The number of rotatable bonds is 6. The zero-order valence-electron chi connectivity index (χ0n) is 12.8. The van der Waals surface area contributed by atoms with Gasteiger partial charge in [-0.1, -0.05) is 37.8 Å². The molecule has 0 aromatic carbocycles. The molecule has 1 saturated carbocycles. The summed E-state index contributed by atoms with van der Waals surface area (Å²) in [6, 6.07) is 0.457. The second-order valence-corrected chi connectivity index (χ2v) is 6.07. The summed E-state index contributed by atoms with van der Waals surface area (Å²) in [6.45, 7) is 6.25. The van der Waals surface area contributed by atoms with Gasteiger partial charge >= 0.3 is 0 Å². The largest absolute Gasteiger partial charge is 0.373 e. The maximum Gasteiger partial charge on any atom is 0.0872 e. The van der Waals surface area contributed by atoms with E-state index in [4.69, 9.17) is 4.74 Å². The molecule has 0 aromatic heterocycles. The van der Waals surface area contributed by atoms with Gasteiger partial charge in [0, 0.05) is 6.61 Å². The number of hydrogen-bond acceptors (Lipinski definition) is 2. The fraction of sp³-hybridized carbons (Fsp3) is 0.882. The molecule has 2 aliphatic carbocycles.